The van der Waals surface area contributed by atoms with Crippen molar-refractivity contribution in [1.29, 1.82) is 0 Å². The molecular formula is C6H11N2. The maximum absolute atomic E-state index is 2.40. The van der Waals surface area contributed by atoms with Gasteiger partial charge in [-0.05, 0) is 7.05 Å². The van der Waals surface area contributed by atoms with Crippen molar-refractivity contribution in [1.82, 2.24) is 9.80 Å². The van der Waals surface area contributed by atoms with E-state index in [4.69, 9.17) is 0 Å². The lowest BCUT2D eigenvalue weighted by atomic mass is 10.0. The third kappa shape index (κ3) is 0.501. The lowest BCUT2D eigenvalue weighted by molar-refractivity contribution is 0.0354. The fourth-order valence-corrected chi connectivity index (χ4v) is 1.32. The second kappa shape index (κ2) is 1.45. The van der Waals surface area contributed by atoms with Crippen molar-refractivity contribution >= 4 is 0 Å². The van der Waals surface area contributed by atoms with Crippen LogP contribution in [0.5, 0.6) is 0 Å². The fourth-order valence-electron chi connectivity index (χ4n) is 1.32. The molecule has 3 saturated heterocycles. The Bertz CT molecular complexity index is 91.2. The summed E-state index contributed by atoms with van der Waals surface area (Å²) in [6.07, 6.45) is 0. The molecule has 2 unspecified atom stereocenters. The summed E-state index contributed by atoms with van der Waals surface area (Å²) in [5.74, 6) is 0. The van der Waals surface area contributed by atoms with Crippen LogP contribution >= 0.6 is 0 Å². The Morgan fingerprint density at radius 2 is 2.25 bits per heavy atom. The standard InChI is InChI=1S/C6H11N2/c1-7-2-3-8-4-6(7)5-8/h4,6H,2-3,5H2,1H3. The molecular weight excluding hydrogens is 100 g/mol. The Hall–Kier alpha value is -0.0800. The minimum Gasteiger partial charge on any atom is -0.299 e. The summed E-state index contributed by atoms with van der Waals surface area (Å²) in [6.45, 7) is 6.08. The Kier molecular flexibility index (Phi) is 0.866. The van der Waals surface area contributed by atoms with E-state index in [9.17, 15) is 0 Å². The largest absolute Gasteiger partial charge is 0.299 e. The predicted octanol–water partition coefficient (Wildman–Crippen LogP) is -0.222. The van der Waals surface area contributed by atoms with Crippen LogP contribution in [0.1, 0.15) is 0 Å². The lowest BCUT2D eigenvalue weighted by Crippen LogP contribution is -2.61. The van der Waals surface area contributed by atoms with Crippen molar-refractivity contribution in [3.8, 4) is 0 Å². The number of hydrogen-bond donors (Lipinski definition) is 0. The van der Waals surface area contributed by atoms with E-state index in [0.29, 0.717) is 0 Å². The van der Waals surface area contributed by atoms with Gasteiger partial charge in [-0.1, -0.05) is 0 Å². The van der Waals surface area contributed by atoms with Gasteiger partial charge < -0.3 is 0 Å². The van der Waals surface area contributed by atoms with Gasteiger partial charge in [0, 0.05) is 32.2 Å². The molecule has 0 aromatic heterocycles. The molecule has 0 amide bonds. The van der Waals surface area contributed by atoms with Crippen LogP contribution in [-0.2, 0) is 0 Å². The molecule has 3 fully saturated rings. The second-order valence-corrected chi connectivity index (χ2v) is 2.69. The average molecular weight is 111 g/mol. The quantitative estimate of drug-likeness (QED) is 0.426. The van der Waals surface area contributed by atoms with E-state index >= 15 is 0 Å². The number of piperazine rings is 2. The Morgan fingerprint density at radius 1 is 1.50 bits per heavy atom. The van der Waals surface area contributed by atoms with Gasteiger partial charge in [-0.3, -0.25) is 9.80 Å². The van der Waals surface area contributed by atoms with Crippen molar-refractivity contribution in [2.45, 2.75) is 6.04 Å². The van der Waals surface area contributed by atoms with Gasteiger partial charge in [0.05, 0.1) is 0 Å². The van der Waals surface area contributed by atoms with Gasteiger partial charge in [0.2, 0.25) is 0 Å². The second-order valence-electron chi connectivity index (χ2n) is 2.69. The minimum atomic E-state index is 0.781. The Labute approximate surface area is 50.1 Å². The third-order valence-electron chi connectivity index (χ3n) is 2.11. The zero-order chi connectivity index (χ0) is 5.56. The van der Waals surface area contributed by atoms with Gasteiger partial charge in [-0.2, -0.15) is 0 Å². The summed E-state index contributed by atoms with van der Waals surface area (Å²) >= 11 is 0. The van der Waals surface area contributed by atoms with Gasteiger partial charge in [0.1, 0.15) is 0 Å². The first-order valence-corrected chi connectivity index (χ1v) is 3.15. The van der Waals surface area contributed by atoms with Crippen molar-refractivity contribution in [2.24, 2.45) is 0 Å². The highest BCUT2D eigenvalue weighted by Crippen LogP contribution is 2.22. The zero-order valence-electron chi connectivity index (χ0n) is 5.17. The molecule has 45 valence electrons. The van der Waals surface area contributed by atoms with Gasteiger partial charge >= 0.3 is 0 Å². The molecule has 0 aromatic rings. The molecule has 3 rings (SSSR count). The summed E-state index contributed by atoms with van der Waals surface area (Å²) in [6, 6.07) is 0.781. The SMILES string of the molecule is CN1CCN2[CH]C1C2. The number of fused-ring (bicyclic) bond motifs is 2. The van der Waals surface area contributed by atoms with Crippen LogP contribution in [0, 0.1) is 6.54 Å². The fraction of sp³-hybridized carbons (Fsp3) is 0.833. The third-order valence-corrected chi connectivity index (χ3v) is 2.11. The number of rotatable bonds is 0. The van der Waals surface area contributed by atoms with Gasteiger partial charge in [0.25, 0.3) is 0 Å². The molecule has 3 aliphatic rings. The van der Waals surface area contributed by atoms with Crippen LogP contribution in [0.2, 0.25) is 0 Å². The molecule has 0 N–H and O–H groups in total. The van der Waals surface area contributed by atoms with Gasteiger partial charge in [-0.15, -0.1) is 0 Å². The van der Waals surface area contributed by atoms with E-state index in [-0.39, 0.29) is 0 Å². The van der Waals surface area contributed by atoms with E-state index in [2.05, 4.69) is 23.4 Å². The highest BCUT2D eigenvalue weighted by atomic mass is 15.4. The number of likely N-dealkylation sites (N-methyl/N-ethyl adjacent to an activating group) is 1. The van der Waals surface area contributed by atoms with E-state index < -0.39 is 0 Å². The van der Waals surface area contributed by atoms with Crippen LogP contribution in [0.3, 0.4) is 0 Å². The van der Waals surface area contributed by atoms with Crippen molar-refractivity contribution in [3.05, 3.63) is 6.54 Å². The first-order valence-electron chi connectivity index (χ1n) is 3.15. The minimum absolute atomic E-state index is 0.781. The van der Waals surface area contributed by atoms with E-state index in [1.54, 1.807) is 0 Å². The normalized spacial score (nSPS) is 46.1. The van der Waals surface area contributed by atoms with E-state index in [1.165, 1.54) is 19.6 Å². The summed E-state index contributed by atoms with van der Waals surface area (Å²) in [5.41, 5.74) is 0. The summed E-state index contributed by atoms with van der Waals surface area (Å²) < 4.78 is 0. The molecule has 0 saturated carbocycles. The van der Waals surface area contributed by atoms with Gasteiger partial charge in [-0.25, -0.2) is 0 Å². The van der Waals surface area contributed by atoms with Crippen LogP contribution in [-0.4, -0.2) is 42.5 Å². The molecule has 2 nitrogen and oxygen atoms in total. The maximum Gasteiger partial charge on any atom is 0.0436 e. The summed E-state index contributed by atoms with van der Waals surface area (Å²) in [5, 5.41) is 0. The zero-order valence-corrected chi connectivity index (χ0v) is 5.17. The van der Waals surface area contributed by atoms with Crippen LogP contribution < -0.4 is 0 Å². The highest BCUT2D eigenvalue weighted by Gasteiger charge is 2.34. The molecule has 8 heavy (non-hydrogen) atoms. The molecule has 2 heteroatoms. The van der Waals surface area contributed by atoms with Crippen LogP contribution in [0.15, 0.2) is 0 Å². The molecule has 0 aromatic carbocycles. The Balaban J connectivity index is 2.01. The molecule has 3 aliphatic heterocycles. The summed E-state index contributed by atoms with van der Waals surface area (Å²) in [7, 11) is 2.19. The molecule has 2 atom stereocenters. The van der Waals surface area contributed by atoms with Crippen molar-refractivity contribution in [3.63, 3.8) is 0 Å². The maximum atomic E-state index is 2.40. The molecule has 3 heterocycles. The van der Waals surface area contributed by atoms with Crippen LogP contribution in [0.4, 0.5) is 0 Å². The average Bonchev–Trinajstić information content (AvgIpc) is 1.62. The molecule has 2 bridgehead atoms. The number of nitrogens with zero attached hydrogens (tertiary/aromatic N) is 2. The molecule has 0 aliphatic carbocycles. The Morgan fingerprint density at radius 3 is 2.50 bits per heavy atom. The van der Waals surface area contributed by atoms with E-state index in [0.717, 1.165) is 6.04 Å². The molecule has 0 spiro atoms. The van der Waals surface area contributed by atoms with Gasteiger partial charge in [0.15, 0.2) is 0 Å². The lowest BCUT2D eigenvalue weighted by Gasteiger charge is -2.49. The highest BCUT2D eigenvalue weighted by molar-refractivity contribution is 5.01. The first kappa shape index (κ1) is 4.77. The van der Waals surface area contributed by atoms with Crippen molar-refractivity contribution in [2.75, 3.05) is 26.7 Å². The van der Waals surface area contributed by atoms with Crippen LogP contribution in [0.25, 0.3) is 0 Å². The topological polar surface area (TPSA) is 6.48 Å². The summed E-state index contributed by atoms with van der Waals surface area (Å²) in [4.78, 5) is 4.78. The number of hydrogen-bond acceptors (Lipinski definition) is 2. The smallest absolute Gasteiger partial charge is 0.0436 e. The predicted molar refractivity (Wildman–Crippen MR) is 32.3 cm³/mol. The van der Waals surface area contributed by atoms with E-state index in [1.807, 2.05) is 0 Å². The first-order chi connectivity index (χ1) is 3.86. The monoisotopic (exact) mass is 111 g/mol. The molecule has 1 radical (unpaired) electrons. The van der Waals surface area contributed by atoms with Crippen molar-refractivity contribution < 1.29 is 0 Å².